The van der Waals surface area contributed by atoms with Crippen molar-refractivity contribution < 1.29 is 23.3 Å². The molecule has 1 fully saturated rings. The third kappa shape index (κ3) is 4.39. The maximum Gasteiger partial charge on any atom is 0.165 e. The van der Waals surface area contributed by atoms with E-state index < -0.39 is 5.82 Å². The molecule has 1 atom stereocenters. The van der Waals surface area contributed by atoms with Gasteiger partial charge in [0.15, 0.2) is 11.6 Å². The lowest BCUT2D eigenvalue weighted by atomic mass is 9.99. The molecule has 0 aliphatic carbocycles. The number of halogens is 1. The van der Waals surface area contributed by atoms with Crippen molar-refractivity contribution in [2.75, 3.05) is 41.5 Å². The van der Waals surface area contributed by atoms with Gasteiger partial charge >= 0.3 is 0 Å². The summed E-state index contributed by atoms with van der Waals surface area (Å²) >= 11 is 0. The van der Waals surface area contributed by atoms with Crippen LogP contribution in [-0.4, -0.2) is 52.5 Å². The molecule has 28 heavy (non-hydrogen) atoms. The first-order valence-corrected chi connectivity index (χ1v) is 9.43. The summed E-state index contributed by atoms with van der Waals surface area (Å²) in [5.41, 5.74) is 2.58. The second-order valence-corrected chi connectivity index (χ2v) is 6.95. The number of piperidine rings is 1. The molecule has 2 aromatic rings. The molecule has 1 heterocycles. The second-order valence-electron chi connectivity index (χ2n) is 6.95. The third-order valence-corrected chi connectivity index (χ3v) is 5.25. The van der Waals surface area contributed by atoms with E-state index in [2.05, 4.69) is 4.90 Å². The molecule has 0 N–H and O–H groups in total. The summed E-state index contributed by atoms with van der Waals surface area (Å²) in [6.45, 7) is 2.64. The predicted octanol–water partition coefficient (Wildman–Crippen LogP) is 4.13. The standard InChI is InChI=1S/C22H28FNO4/c1-25-17-6-5-9-24(14-17)13-16-10-18(22(28-4)12-21(16)27-3)15-7-8-20(26-2)19(23)11-15/h7-8,10-12,17H,5-6,9,13-14H2,1-4H3. The minimum atomic E-state index is -0.404. The molecule has 0 aromatic heterocycles. The Balaban J connectivity index is 1.96. The fraction of sp³-hybridized carbons (Fsp3) is 0.455. The normalized spacial score (nSPS) is 17.4. The molecule has 5 nitrogen and oxygen atoms in total. The van der Waals surface area contributed by atoms with Crippen LogP contribution in [0.4, 0.5) is 4.39 Å². The fourth-order valence-electron chi connectivity index (χ4n) is 3.74. The molecule has 3 rings (SSSR count). The van der Waals surface area contributed by atoms with Crippen LogP contribution in [0, 0.1) is 5.82 Å². The van der Waals surface area contributed by atoms with Crippen LogP contribution in [0.15, 0.2) is 30.3 Å². The highest BCUT2D eigenvalue weighted by molar-refractivity contribution is 5.73. The van der Waals surface area contributed by atoms with Gasteiger partial charge in [-0.15, -0.1) is 0 Å². The summed E-state index contributed by atoms with van der Waals surface area (Å²) in [5, 5.41) is 0. The minimum absolute atomic E-state index is 0.218. The Labute approximate surface area is 166 Å². The molecule has 0 bridgehead atoms. The Morgan fingerprint density at radius 2 is 1.71 bits per heavy atom. The van der Waals surface area contributed by atoms with Gasteiger partial charge in [0.25, 0.3) is 0 Å². The molecule has 1 aliphatic heterocycles. The quantitative estimate of drug-likeness (QED) is 0.712. The van der Waals surface area contributed by atoms with Crippen molar-refractivity contribution in [2.45, 2.75) is 25.5 Å². The van der Waals surface area contributed by atoms with Crippen molar-refractivity contribution in [1.29, 1.82) is 0 Å². The maximum atomic E-state index is 14.3. The fourth-order valence-corrected chi connectivity index (χ4v) is 3.74. The Kier molecular flexibility index (Phi) is 6.75. The SMILES string of the molecule is COc1ccc(-c2cc(CN3CCCC(OC)C3)c(OC)cc2OC)cc1F. The molecular weight excluding hydrogens is 361 g/mol. The lowest BCUT2D eigenvalue weighted by Crippen LogP contribution is -2.38. The van der Waals surface area contributed by atoms with Crippen LogP contribution in [-0.2, 0) is 11.3 Å². The van der Waals surface area contributed by atoms with Crippen LogP contribution in [0.25, 0.3) is 11.1 Å². The lowest BCUT2D eigenvalue weighted by molar-refractivity contribution is 0.0283. The van der Waals surface area contributed by atoms with Crippen molar-refractivity contribution >= 4 is 0 Å². The highest BCUT2D eigenvalue weighted by Gasteiger charge is 2.22. The lowest BCUT2D eigenvalue weighted by Gasteiger charge is -2.32. The first-order chi connectivity index (χ1) is 13.6. The van der Waals surface area contributed by atoms with E-state index in [9.17, 15) is 4.39 Å². The monoisotopic (exact) mass is 389 g/mol. The molecule has 152 valence electrons. The van der Waals surface area contributed by atoms with E-state index in [-0.39, 0.29) is 11.9 Å². The van der Waals surface area contributed by atoms with Crippen molar-refractivity contribution in [3.8, 4) is 28.4 Å². The molecular formula is C22H28FNO4. The average molecular weight is 389 g/mol. The number of rotatable bonds is 7. The van der Waals surface area contributed by atoms with Crippen LogP contribution < -0.4 is 14.2 Å². The molecule has 1 saturated heterocycles. The van der Waals surface area contributed by atoms with Crippen molar-refractivity contribution in [3.05, 3.63) is 41.7 Å². The molecule has 1 aliphatic rings. The highest BCUT2D eigenvalue weighted by atomic mass is 19.1. The Hall–Kier alpha value is -2.31. The number of likely N-dealkylation sites (tertiary alicyclic amines) is 1. The number of hydrogen-bond acceptors (Lipinski definition) is 5. The number of benzene rings is 2. The largest absolute Gasteiger partial charge is 0.496 e. The van der Waals surface area contributed by atoms with Gasteiger partial charge in [-0.1, -0.05) is 6.07 Å². The predicted molar refractivity (Wildman–Crippen MR) is 107 cm³/mol. The Morgan fingerprint density at radius 3 is 2.36 bits per heavy atom. The van der Waals surface area contributed by atoms with E-state index in [1.54, 1.807) is 27.4 Å². The third-order valence-electron chi connectivity index (χ3n) is 5.25. The van der Waals surface area contributed by atoms with Crippen molar-refractivity contribution in [2.24, 2.45) is 0 Å². The van der Waals surface area contributed by atoms with Gasteiger partial charge < -0.3 is 18.9 Å². The first-order valence-electron chi connectivity index (χ1n) is 9.43. The van der Waals surface area contributed by atoms with E-state index >= 15 is 0 Å². The smallest absolute Gasteiger partial charge is 0.165 e. The highest BCUT2D eigenvalue weighted by Crippen LogP contribution is 2.38. The molecule has 1 unspecified atom stereocenters. The maximum absolute atomic E-state index is 14.3. The summed E-state index contributed by atoms with van der Waals surface area (Å²) in [6, 6.07) is 8.81. The second kappa shape index (κ2) is 9.26. The number of ether oxygens (including phenoxy) is 4. The van der Waals surface area contributed by atoms with E-state index in [4.69, 9.17) is 18.9 Å². The van der Waals surface area contributed by atoms with Crippen LogP contribution >= 0.6 is 0 Å². The van der Waals surface area contributed by atoms with Gasteiger partial charge in [0, 0.05) is 37.4 Å². The zero-order valence-electron chi connectivity index (χ0n) is 17.0. The first kappa shape index (κ1) is 20.4. The van der Waals surface area contributed by atoms with Crippen molar-refractivity contribution in [3.63, 3.8) is 0 Å². The van der Waals surface area contributed by atoms with Gasteiger partial charge in [-0.3, -0.25) is 4.90 Å². The summed E-state index contributed by atoms with van der Waals surface area (Å²) < 4.78 is 36.0. The van der Waals surface area contributed by atoms with Gasteiger partial charge in [0.2, 0.25) is 0 Å². The number of methoxy groups -OCH3 is 4. The molecule has 6 heteroatoms. The topological polar surface area (TPSA) is 40.2 Å². The molecule has 0 saturated carbocycles. The van der Waals surface area contributed by atoms with Gasteiger partial charge in [0.05, 0.1) is 27.4 Å². The molecule has 2 aromatic carbocycles. The van der Waals surface area contributed by atoms with Crippen molar-refractivity contribution in [1.82, 2.24) is 4.90 Å². The zero-order chi connectivity index (χ0) is 20.1. The molecule has 0 spiro atoms. The van der Waals surface area contributed by atoms with E-state index in [0.29, 0.717) is 5.75 Å². The van der Waals surface area contributed by atoms with Gasteiger partial charge in [0.1, 0.15) is 11.5 Å². The van der Waals surface area contributed by atoms with Gasteiger partial charge in [-0.2, -0.15) is 0 Å². The molecule has 0 radical (unpaired) electrons. The minimum Gasteiger partial charge on any atom is -0.496 e. The van der Waals surface area contributed by atoms with Crippen LogP contribution in [0.2, 0.25) is 0 Å². The number of hydrogen-bond donors (Lipinski definition) is 0. The summed E-state index contributed by atoms with van der Waals surface area (Å²) in [5.74, 6) is 1.21. The van der Waals surface area contributed by atoms with Gasteiger partial charge in [-0.05, 0) is 43.1 Å². The number of nitrogens with zero attached hydrogens (tertiary/aromatic N) is 1. The zero-order valence-corrected chi connectivity index (χ0v) is 17.0. The van der Waals surface area contributed by atoms with E-state index in [0.717, 1.165) is 54.9 Å². The van der Waals surface area contributed by atoms with E-state index in [1.165, 1.54) is 13.2 Å². The summed E-state index contributed by atoms with van der Waals surface area (Å²) in [6.07, 6.45) is 2.45. The summed E-state index contributed by atoms with van der Waals surface area (Å²) in [4.78, 5) is 2.36. The van der Waals surface area contributed by atoms with Crippen LogP contribution in [0.1, 0.15) is 18.4 Å². The van der Waals surface area contributed by atoms with Crippen LogP contribution in [0.5, 0.6) is 17.2 Å². The summed E-state index contributed by atoms with van der Waals surface area (Å²) in [7, 11) is 6.47. The van der Waals surface area contributed by atoms with Crippen LogP contribution in [0.3, 0.4) is 0 Å². The van der Waals surface area contributed by atoms with Gasteiger partial charge in [-0.25, -0.2) is 4.39 Å². The molecule has 0 amide bonds. The Morgan fingerprint density at radius 1 is 0.964 bits per heavy atom. The average Bonchev–Trinajstić information content (AvgIpc) is 2.73. The Bertz CT molecular complexity index is 811. The van der Waals surface area contributed by atoms with E-state index in [1.807, 2.05) is 18.2 Å².